The summed E-state index contributed by atoms with van der Waals surface area (Å²) in [5.74, 6) is 0.900. The van der Waals surface area contributed by atoms with E-state index in [4.69, 9.17) is 5.73 Å². The van der Waals surface area contributed by atoms with Crippen LogP contribution in [0.1, 0.15) is 52.4 Å². The Kier molecular flexibility index (Phi) is 5.67. The zero-order chi connectivity index (χ0) is 13.7. The predicted molar refractivity (Wildman–Crippen MR) is 82.3 cm³/mol. The normalized spacial score (nSPS) is 33.2. The molecule has 0 aromatic carbocycles. The molecule has 0 atom stereocenters. The average Bonchev–Trinajstić information content (AvgIpc) is 2.95. The van der Waals surface area contributed by atoms with Gasteiger partial charge in [-0.15, -0.1) is 0 Å². The second-order valence-corrected chi connectivity index (χ2v) is 6.74. The van der Waals surface area contributed by atoms with E-state index in [1.54, 1.807) is 0 Å². The maximum atomic E-state index is 6.19. The van der Waals surface area contributed by atoms with E-state index >= 15 is 0 Å². The molecular formula is C16H33N3. The molecule has 1 aliphatic carbocycles. The third kappa shape index (κ3) is 3.71. The minimum atomic E-state index is 0.307. The summed E-state index contributed by atoms with van der Waals surface area (Å²) in [4.78, 5) is 5.32. The van der Waals surface area contributed by atoms with Crippen molar-refractivity contribution in [1.82, 2.24) is 9.80 Å². The van der Waals surface area contributed by atoms with Crippen LogP contribution in [0.3, 0.4) is 0 Å². The van der Waals surface area contributed by atoms with Gasteiger partial charge in [-0.3, -0.25) is 4.90 Å². The molecule has 2 rings (SSSR count). The van der Waals surface area contributed by atoms with Crippen LogP contribution in [0.2, 0.25) is 0 Å². The lowest BCUT2D eigenvalue weighted by Gasteiger charge is -2.47. The highest BCUT2D eigenvalue weighted by atomic mass is 15.2. The van der Waals surface area contributed by atoms with E-state index in [0.717, 1.165) is 19.0 Å². The van der Waals surface area contributed by atoms with Gasteiger partial charge in [0.15, 0.2) is 0 Å². The Labute approximate surface area is 119 Å². The number of nitrogens with two attached hydrogens (primary N) is 1. The van der Waals surface area contributed by atoms with Crippen molar-refractivity contribution >= 4 is 0 Å². The summed E-state index contributed by atoms with van der Waals surface area (Å²) in [5.41, 5.74) is 6.50. The Morgan fingerprint density at radius 2 is 1.84 bits per heavy atom. The molecule has 2 aliphatic rings. The van der Waals surface area contributed by atoms with Crippen LogP contribution in [-0.2, 0) is 0 Å². The molecule has 0 radical (unpaired) electrons. The molecule has 0 aromatic rings. The Morgan fingerprint density at radius 1 is 1.21 bits per heavy atom. The van der Waals surface area contributed by atoms with Gasteiger partial charge in [-0.2, -0.15) is 0 Å². The Hall–Kier alpha value is -0.120. The molecule has 0 bridgehead atoms. The zero-order valence-corrected chi connectivity index (χ0v) is 13.0. The number of rotatable bonds is 6. The van der Waals surface area contributed by atoms with Crippen molar-refractivity contribution in [1.29, 1.82) is 0 Å². The van der Waals surface area contributed by atoms with Gasteiger partial charge in [0, 0.05) is 25.2 Å². The third-order valence-electron chi connectivity index (χ3n) is 5.52. The summed E-state index contributed by atoms with van der Waals surface area (Å²) in [5, 5.41) is 0. The molecule has 1 heterocycles. The summed E-state index contributed by atoms with van der Waals surface area (Å²) in [6.07, 6.45) is 8.11. The van der Waals surface area contributed by atoms with E-state index < -0.39 is 0 Å². The SMILES string of the molecule is CCN(CCN1CCCC1)C1(CN)CCC(C)CC1. The Bertz CT molecular complexity index is 253. The fourth-order valence-corrected chi connectivity index (χ4v) is 3.95. The standard InChI is InChI=1S/C16H33N3/c1-3-19(13-12-18-10-4-5-11-18)16(14-17)8-6-15(2)7-9-16/h15H,3-14,17H2,1-2H3. The van der Waals surface area contributed by atoms with Gasteiger partial charge in [0.1, 0.15) is 0 Å². The molecule has 1 saturated carbocycles. The molecule has 0 amide bonds. The smallest absolute Gasteiger partial charge is 0.0332 e. The van der Waals surface area contributed by atoms with Gasteiger partial charge in [0.2, 0.25) is 0 Å². The number of likely N-dealkylation sites (N-methyl/N-ethyl adjacent to an activating group) is 1. The lowest BCUT2D eigenvalue weighted by molar-refractivity contribution is 0.0424. The highest BCUT2D eigenvalue weighted by Gasteiger charge is 2.37. The summed E-state index contributed by atoms with van der Waals surface area (Å²) < 4.78 is 0. The van der Waals surface area contributed by atoms with Crippen LogP contribution in [0.4, 0.5) is 0 Å². The van der Waals surface area contributed by atoms with Gasteiger partial charge in [-0.25, -0.2) is 0 Å². The van der Waals surface area contributed by atoms with Crippen LogP contribution < -0.4 is 5.73 Å². The summed E-state index contributed by atoms with van der Waals surface area (Å²) >= 11 is 0. The van der Waals surface area contributed by atoms with Crippen LogP contribution in [0.5, 0.6) is 0 Å². The van der Waals surface area contributed by atoms with Crippen molar-refractivity contribution in [3.63, 3.8) is 0 Å². The number of likely N-dealkylation sites (tertiary alicyclic amines) is 1. The summed E-state index contributed by atoms with van der Waals surface area (Å²) in [6, 6.07) is 0. The quantitative estimate of drug-likeness (QED) is 0.801. The number of hydrogen-bond donors (Lipinski definition) is 1. The lowest BCUT2D eigenvalue weighted by atomic mass is 9.76. The molecule has 3 nitrogen and oxygen atoms in total. The van der Waals surface area contributed by atoms with Crippen LogP contribution >= 0.6 is 0 Å². The predicted octanol–water partition coefficient (Wildman–Crippen LogP) is 2.31. The molecule has 0 spiro atoms. The molecule has 0 aromatic heterocycles. The third-order valence-corrected chi connectivity index (χ3v) is 5.52. The van der Waals surface area contributed by atoms with Crippen LogP contribution in [0, 0.1) is 5.92 Å². The van der Waals surface area contributed by atoms with E-state index in [9.17, 15) is 0 Å². The molecule has 0 unspecified atom stereocenters. The van der Waals surface area contributed by atoms with Crippen molar-refractivity contribution in [2.45, 2.75) is 57.9 Å². The molecule has 112 valence electrons. The monoisotopic (exact) mass is 267 g/mol. The number of hydrogen-bond acceptors (Lipinski definition) is 3. The minimum Gasteiger partial charge on any atom is -0.329 e. The maximum Gasteiger partial charge on any atom is 0.0332 e. The Balaban J connectivity index is 1.89. The van der Waals surface area contributed by atoms with Gasteiger partial charge in [-0.05, 0) is 64.1 Å². The molecule has 1 aliphatic heterocycles. The van der Waals surface area contributed by atoms with Crippen molar-refractivity contribution in [2.75, 3.05) is 39.3 Å². The lowest BCUT2D eigenvalue weighted by Crippen LogP contribution is -2.57. The van der Waals surface area contributed by atoms with Crippen molar-refractivity contribution < 1.29 is 0 Å². The fraction of sp³-hybridized carbons (Fsp3) is 1.00. The van der Waals surface area contributed by atoms with Crippen LogP contribution in [-0.4, -0.2) is 54.6 Å². The zero-order valence-electron chi connectivity index (χ0n) is 13.0. The first-order valence-corrected chi connectivity index (χ1v) is 8.37. The molecule has 2 fully saturated rings. The van der Waals surface area contributed by atoms with Crippen LogP contribution in [0.15, 0.2) is 0 Å². The van der Waals surface area contributed by atoms with Gasteiger partial charge < -0.3 is 10.6 Å². The van der Waals surface area contributed by atoms with Gasteiger partial charge in [0.05, 0.1) is 0 Å². The van der Waals surface area contributed by atoms with Crippen molar-refractivity contribution in [3.8, 4) is 0 Å². The van der Waals surface area contributed by atoms with E-state index in [0.29, 0.717) is 5.54 Å². The van der Waals surface area contributed by atoms with E-state index in [1.165, 1.54) is 64.7 Å². The van der Waals surface area contributed by atoms with Gasteiger partial charge >= 0.3 is 0 Å². The highest BCUT2D eigenvalue weighted by Crippen LogP contribution is 2.35. The van der Waals surface area contributed by atoms with E-state index in [2.05, 4.69) is 23.6 Å². The van der Waals surface area contributed by atoms with Crippen LogP contribution in [0.25, 0.3) is 0 Å². The molecule has 19 heavy (non-hydrogen) atoms. The number of nitrogens with zero attached hydrogens (tertiary/aromatic N) is 2. The first-order valence-electron chi connectivity index (χ1n) is 8.37. The average molecular weight is 267 g/mol. The van der Waals surface area contributed by atoms with Gasteiger partial charge in [0.25, 0.3) is 0 Å². The van der Waals surface area contributed by atoms with E-state index in [1.807, 2.05) is 0 Å². The highest BCUT2D eigenvalue weighted by molar-refractivity contribution is 4.95. The van der Waals surface area contributed by atoms with Crippen molar-refractivity contribution in [2.24, 2.45) is 11.7 Å². The largest absolute Gasteiger partial charge is 0.329 e. The minimum absolute atomic E-state index is 0.307. The molecular weight excluding hydrogens is 234 g/mol. The first-order chi connectivity index (χ1) is 9.20. The second kappa shape index (κ2) is 7.05. The molecule has 2 N–H and O–H groups in total. The topological polar surface area (TPSA) is 32.5 Å². The van der Waals surface area contributed by atoms with Crippen molar-refractivity contribution in [3.05, 3.63) is 0 Å². The summed E-state index contributed by atoms with van der Waals surface area (Å²) in [6.45, 7) is 11.8. The fourth-order valence-electron chi connectivity index (χ4n) is 3.95. The maximum absolute atomic E-state index is 6.19. The van der Waals surface area contributed by atoms with Gasteiger partial charge in [-0.1, -0.05) is 13.8 Å². The molecule has 1 saturated heterocycles. The second-order valence-electron chi connectivity index (χ2n) is 6.74. The van der Waals surface area contributed by atoms with E-state index in [-0.39, 0.29) is 0 Å². The summed E-state index contributed by atoms with van der Waals surface area (Å²) in [7, 11) is 0. The molecule has 3 heteroatoms. The first kappa shape index (κ1) is 15.3. The Morgan fingerprint density at radius 3 is 2.37 bits per heavy atom.